The highest BCUT2D eigenvalue weighted by molar-refractivity contribution is 5.76. The standard InChI is InChI=1S/C52H101NO4/c1-3-5-7-9-11-13-15-17-19-20-21-22-23-24-25-26-27-28-29-30-31-32-33-35-37-39-41-43-45-49(55)47-52(57)53-50(48-54)51(56)46-44-42-40-38-36-34-18-16-14-12-10-8-6-4-2/h24-25,44,46,49-51,54-56H,3-23,26-43,45,47-48H2,1-2H3,(H,53,57)/b25-24-,46-44+. The molecule has 0 saturated heterocycles. The molecule has 0 fully saturated rings. The van der Waals surface area contributed by atoms with Crippen LogP contribution >= 0.6 is 0 Å². The minimum Gasteiger partial charge on any atom is -0.394 e. The molecule has 0 aromatic carbocycles. The number of nitrogens with one attached hydrogen (secondary N) is 1. The lowest BCUT2D eigenvalue weighted by molar-refractivity contribution is -0.124. The van der Waals surface area contributed by atoms with Crippen molar-refractivity contribution in [2.24, 2.45) is 0 Å². The fraction of sp³-hybridized carbons (Fsp3) is 0.904. The maximum atomic E-state index is 12.5. The second-order valence-corrected chi connectivity index (χ2v) is 17.8. The highest BCUT2D eigenvalue weighted by atomic mass is 16.3. The number of aliphatic hydroxyl groups excluding tert-OH is 3. The third-order valence-corrected chi connectivity index (χ3v) is 12.0. The molecule has 338 valence electrons. The third-order valence-electron chi connectivity index (χ3n) is 12.0. The average molecular weight is 804 g/mol. The van der Waals surface area contributed by atoms with Crippen LogP contribution in [0.1, 0.15) is 277 Å². The van der Waals surface area contributed by atoms with Gasteiger partial charge in [-0.1, -0.05) is 250 Å². The van der Waals surface area contributed by atoms with Crippen molar-refractivity contribution >= 4 is 5.91 Å². The Morgan fingerprint density at radius 1 is 0.439 bits per heavy atom. The number of allylic oxidation sites excluding steroid dienone is 3. The van der Waals surface area contributed by atoms with Gasteiger partial charge in [0.05, 0.1) is 31.3 Å². The number of hydrogen-bond acceptors (Lipinski definition) is 4. The van der Waals surface area contributed by atoms with E-state index in [1.54, 1.807) is 6.08 Å². The summed E-state index contributed by atoms with van der Waals surface area (Å²) in [6, 6.07) is -0.742. The van der Waals surface area contributed by atoms with Crippen molar-refractivity contribution in [3.05, 3.63) is 24.3 Å². The number of amides is 1. The number of carbonyl (C=O) groups excluding carboxylic acids is 1. The van der Waals surface area contributed by atoms with Crippen molar-refractivity contribution in [2.45, 2.75) is 295 Å². The first kappa shape index (κ1) is 55.8. The van der Waals surface area contributed by atoms with Gasteiger partial charge in [-0.3, -0.25) is 4.79 Å². The summed E-state index contributed by atoms with van der Waals surface area (Å²) in [7, 11) is 0. The fourth-order valence-electron chi connectivity index (χ4n) is 8.04. The van der Waals surface area contributed by atoms with Gasteiger partial charge in [0.15, 0.2) is 0 Å². The third kappa shape index (κ3) is 44.2. The summed E-state index contributed by atoms with van der Waals surface area (Å²) in [5.74, 6) is -0.313. The molecular weight excluding hydrogens is 703 g/mol. The summed E-state index contributed by atoms with van der Waals surface area (Å²) in [5.41, 5.74) is 0. The van der Waals surface area contributed by atoms with E-state index in [9.17, 15) is 20.1 Å². The van der Waals surface area contributed by atoms with Crippen molar-refractivity contribution in [3.8, 4) is 0 Å². The number of aliphatic hydroxyl groups is 3. The van der Waals surface area contributed by atoms with Crippen molar-refractivity contribution in [2.75, 3.05) is 6.61 Å². The van der Waals surface area contributed by atoms with Crippen molar-refractivity contribution in [1.29, 1.82) is 0 Å². The van der Waals surface area contributed by atoms with Gasteiger partial charge < -0.3 is 20.6 Å². The van der Waals surface area contributed by atoms with E-state index < -0.39 is 18.2 Å². The van der Waals surface area contributed by atoms with Crippen LogP contribution in [-0.4, -0.2) is 46.1 Å². The average Bonchev–Trinajstić information content (AvgIpc) is 3.20. The fourth-order valence-corrected chi connectivity index (χ4v) is 8.04. The first-order valence-corrected chi connectivity index (χ1v) is 25.6. The molecule has 0 saturated carbocycles. The summed E-state index contributed by atoms with van der Waals surface area (Å²) in [5, 5.41) is 33.3. The summed E-state index contributed by atoms with van der Waals surface area (Å²) < 4.78 is 0. The van der Waals surface area contributed by atoms with Crippen molar-refractivity contribution in [1.82, 2.24) is 5.32 Å². The highest BCUT2D eigenvalue weighted by Gasteiger charge is 2.20. The maximum absolute atomic E-state index is 12.5. The Morgan fingerprint density at radius 2 is 0.737 bits per heavy atom. The van der Waals surface area contributed by atoms with Gasteiger partial charge >= 0.3 is 0 Å². The molecule has 0 spiro atoms. The summed E-state index contributed by atoms with van der Waals surface area (Å²) in [6.45, 7) is 4.23. The lowest BCUT2D eigenvalue weighted by atomic mass is 10.0. The molecular formula is C52H101NO4. The minimum absolute atomic E-state index is 0.0159. The minimum atomic E-state index is -0.926. The topological polar surface area (TPSA) is 89.8 Å². The molecule has 0 aliphatic heterocycles. The summed E-state index contributed by atoms with van der Waals surface area (Å²) in [6.07, 6.45) is 59.2. The second kappa shape index (κ2) is 47.5. The Kier molecular flexibility index (Phi) is 46.5. The number of unbranched alkanes of at least 4 members (excludes halogenated alkanes) is 36. The van der Waals surface area contributed by atoms with Gasteiger partial charge in [-0.15, -0.1) is 0 Å². The van der Waals surface area contributed by atoms with Gasteiger partial charge in [-0.05, 0) is 44.9 Å². The van der Waals surface area contributed by atoms with E-state index in [2.05, 4.69) is 31.3 Å². The SMILES string of the molecule is CCCCCCCCCCCCCC/C=C\CCCCCCCCCCCCCCC(O)CC(=O)NC(CO)C(O)/C=C/CCCCCCCCCCCCCC. The van der Waals surface area contributed by atoms with Crippen LogP contribution in [0.25, 0.3) is 0 Å². The normalized spacial score (nSPS) is 13.6. The zero-order chi connectivity index (χ0) is 41.5. The van der Waals surface area contributed by atoms with E-state index in [4.69, 9.17) is 0 Å². The zero-order valence-electron chi connectivity index (χ0n) is 38.5. The van der Waals surface area contributed by atoms with E-state index in [1.165, 1.54) is 225 Å². The lowest BCUT2D eigenvalue weighted by Crippen LogP contribution is -2.45. The molecule has 0 radical (unpaired) electrons. The molecule has 0 aliphatic rings. The molecule has 0 aromatic rings. The highest BCUT2D eigenvalue weighted by Crippen LogP contribution is 2.17. The first-order valence-electron chi connectivity index (χ1n) is 25.6. The van der Waals surface area contributed by atoms with Crippen molar-refractivity contribution in [3.63, 3.8) is 0 Å². The van der Waals surface area contributed by atoms with E-state index in [1.807, 2.05) is 6.08 Å². The molecule has 5 nitrogen and oxygen atoms in total. The molecule has 0 aromatic heterocycles. The smallest absolute Gasteiger partial charge is 0.222 e. The summed E-state index contributed by atoms with van der Waals surface area (Å²) in [4.78, 5) is 12.5. The van der Waals surface area contributed by atoms with Crippen LogP contribution in [0, 0.1) is 0 Å². The largest absolute Gasteiger partial charge is 0.394 e. The predicted molar refractivity (Wildman–Crippen MR) is 250 cm³/mol. The van der Waals surface area contributed by atoms with Crippen LogP contribution in [0.2, 0.25) is 0 Å². The lowest BCUT2D eigenvalue weighted by Gasteiger charge is -2.21. The monoisotopic (exact) mass is 804 g/mol. The van der Waals surface area contributed by atoms with Gasteiger partial charge in [-0.2, -0.15) is 0 Å². The van der Waals surface area contributed by atoms with Gasteiger partial charge in [-0.25, -0.2) is 0 Å². The molecule has 0 heterocycles. The molecule has 57 heavy (non-hydrogen) atoms. The van der Waals surface area contributed by atoms with Crippen LogP contribution in [0.3, 0.4) is 0 Å². The number of rotatable bonds is 47. The van der Waals surface area contributed by atoms with Gasteiger partial charge in [0.25, 0.3) is 0 Å². The molecule has 0 aliphatic carbocycles. The predicted octanol–water partition coefficient (Wildman–Crippen LogP) is 15.3. The number of carbonyl (C=O) groups is 1. The van der Waals surface area contributed by atoms with Crippen LogP contribution < -0.4 is 5.32 Å². The van der Waals surface area contributed by atoms with Crippen LogP contribution in [0.5, 0.6) is 0 Å². The van der Waals surface area contributed by atoms with E-state index >= 15 is 0 Å². The molecule has 5 heteroatoms. The quantitative estimate of drug-likeness (QED) is 0.0364. The summed E-state index contributed by atoms with van der Waals surface area (Å²) >= 11 is 0. The molecule has 3 unspecified atom stereocenters. The Balaban J connectivity index is 3.54. The Labute approximate surface area is 356 Å². The molecule has 0 bridgehead atoms. The second-order valence-electron chi connectivity index (χ2n) is 17.8. The van der Waals surface area contributed by atoms with Crippen LogP contribution in [0.4, 0.5) is 0 Å². The Morgan fingerprint density at radius 3 is 1.07 bits per heavy atom. The molecule has 4 N–H and O–H groups in total. The maximum Gasteiger partial charge on any atom is 0.222 e. The van der Waals surface area contributed by atoms with Crippen LogP contribution in [0.15, 0.2) is 24.3 Å². The van der Waals surface area contributed by atoms with Gasteiger partial charge in [0.2, 0.25) is 5.91 Å². The zero-order valence-corrected chi connectivity index (χ0v) is 38.5. The molecule has 3 atom stereocenters. The van der Waals surface area contributed by atoms with Crippen molar-refractivity contribution < 1.29 is 20.1 Å². The van der Waals surface area contributed by atoms with E-state index in [0.29, 0.717) is 6.42 Å². The van der Waals surface area contributed by atoms with Gasteiger partial charge in [0, 0.05) is 0 Å². The molecule has 1 amide bonds. The first-order chi connectivity index (χ1) is 28.0. The van der Waals surface area contributed by atoms with Gasteiger partial charge in [0.1, 0.15) is 0 Å². The molecule has 0 rings (SSSR count). The van der Waals surface area contributed by atoms with Crippen LogP contribution in [-0.2, 0) is 4.79 Å². The Bertz CT molecular complexity index is 844. The van der Waals surface area contributed by atoms with E-state index in [-0.39, 0.29) is 18.9 Å². The number of hydrogen-bond donors (Lipinski definition) is 4. The Hall–Kier alpha value is -1.17. The van der Waals surface area contributed by atoms with E-state index in [0.717, 1.165) is 25.7 Å².